The molecule has 1 amide bonds. The van der Waals surface area contributed by atoms with Crippen molar-refractivity contribution in [3.05, 3.63) is 43.9 Å². The van der Waals surface area contributed by atoms with Crippen LogP contribution in [-0.2, 0) is 16.1 Å². The maximum Gasteiger partial charge on any atom is 0.417 e. The Bertz CT molecular complexity index is 791. The number of carbonyl (C=O) groups is 1. The number of amides is 1. The number of hydrazone groups is 1. The van der Waals surface area contributed by atoms with Crippen molar-refractivity contribution in [2.45, 2.75) is 26.1 Å². The van der Waals surface area contributed by atoms with Crippen molar-refractivity contribution < 1.29 is 19.3 Å². The summed E-state index contributed by atoms with van der Waals surface area (Å²) in [4.78, 5) is 26.4. The topological polar surface area (TPSA) is 97.5 Å². The minimum atomic E-state index is -0.805. The first-order valence-electron chi connectivity index (χ1n) is 8.81. The molecule has 11 heteroatoms. The Hall–Kier alpha value is -2.10. The lowest BCUT2D eigenvalue weighted by atomic mass is 10.1. The second-order valence-corrected chi connectivity index (χ2v) is 7.60. The highest BCUT2D eigenvalue weighted by Gasteiger charge is 2.37. The highest BCUT2D eigenvalue weighted by molar-refractivity contribution is 6.42. The molecule has 2 heterocycles. The van der Waals surface area contributed by atoms with Gasteiger partial charge in [-0.15, -0.1) is 0 Å². The van der Waals surface area contributed by atoms with Crippen LogP contribution in [0.2, 0.25) is 10.0 Å². The normalized spacial score (nSPS) is 23.5. The van der Waals surface area contributed by atoms with E-state index in [2.05, 4.69) is 5.10 Å². The third-order valence-corrected chi connectivity index (χ3v) is 5.35. The summed E-state index contributed by atoms with van der Waals surface area (Å²) in [7, 11) is 0. The average Bonchev–Trinajstić information content (AvgIpc) is 3.22. The molecule has 0 spiro atoms. The predicted molar refractivity (Wildman–Crippen MR) is 103 cm³/mol. The van der Waals surface area contributed by atoms with Crippen LogP contribution in [-0.4, -0.2) is 59.2 Å². The fraction of sp³-hybridized carbons (Fsp3) is 0.529. The van der Waals surface area contributed by atoms with Gasteiger partial charge in [-0.1, -0.05) is 29.3 Å². The summed E-state index contributed by atoms with van der Waals surface area (Å²) in [5, 5.41) is 14.3. The Morgan fingerprint density at radius 1 is 1.39 bits per heavy atom. The molecule has 152 valence electrons. The van der Waals surface area contributed by atoms with Crippen LogP contribution < -0.4 is 0 Å². The van der Waals surface area contributed by atoms with E-state index in [0.717, 1.165) is 6.42 Å². The number of benzene rings is 1. The van der Waals surface area contributed by atoms with Gasteiger partial charge >= 0.3 is 6.09 Å². The van der Waals surface area contributed by atoms with Crippen LogP contribution in [0.5, 0.6) is 0 Å². The second kappa shape index (κ2) is 8.93. The highest BCUT2D eigenvalue weighted by atomic mass is 35.5. The minimum absolute atomic E-state index is 0.0105. The number of halogens is 2. The summed E-state index contributed by atoms with van der Waals surface area (Å²) >= 11 is 11.8. The first-order valence-corrected chi connectivity index (χ1v) is 9.57. The van der Waals surface area contributed by atoms with Crippen LogP contribution >= 0.6 is 23.2 Å². The van der Waals surface area contributed by atoms with Crippen LogP contribution in [0.1, 0.15) is 18.9 Å². The van der Waals surface area contributed by atoms with E-state index in [0.29, 0.717) is 35.3 Å². The van der Waals surface area contributed by atoms with E-state index in [-0.39, 0.29) is 31.1 Å². The maximum atomic E-state index is 12.5. The van der Waals surface area contributed by atoms with Gasteiger partial charge in [-0.05, 0) is 31.0 Å². The number of hydrogen-bond acceptors (Lipinski definition) is 5. The molecular weight excluding hydrogens is 411 g/mol. The van der Waals surface area contributed by atoms with Crippen LogP contribution in [0.3, 0.4) is 0 Å². The molecule has 0 aliphatic carbocycles. The van der Waals surface area contributed by atoms with E-state index < -0.39 is 11.1 Å². The molecular formula is C17H20Cl2N4O5. The molecule has 28 heavy (non-hydrogen) atoms. The van der Waals surface area contributed by atoms with Gasteiger partial charge in [-0.3, -0.25) is 0 Å². The molecule has 2 aliphatic rings. The lowest BCUT2D eigenvalue weighted by Crippen LogP contribution is -2.40. The minimum Gasteiger partial charge on any atom is -0.444 e. The van der Waals surface area contributed by atoms with Gasteiger partial charge in [0.2, 0.25) is 0 Å². The zero-order valence-electron chi connectivity index (χ0n) is 15.2. The molecule has 2 unspecified atom stereocenters. The van der Waals surface area contributed by atoms with Crippen molar-refractivity contribution in [1.82, 2.24) is 9.80 Å². The van der Waals surface area contributed by atoms with E-state index >= 15 is 0 Å². The van der Waals surface area contributed by atoms with Gasteiger partial charge in [0.1, 0.15) is 11.7 Å². The van der Waals surface area contributed by atoms with Crippen molar-refractivity contribution in [3.63, 3.8) is 0 Å². The standard InChI is InChI=1S/C17H20Cl2N4O5/c1-11-6-13(10-27-11)8-21-4-5-22(16(21)20-23(25)26)17(24)28-9-12-2-3-14(18)15(19)7-12/h2-3,7,11,13H,4-6,8-10H2,1H3. The summed E-state index contributed by atoms with van der Waals surface area (Å²) in [6, 6.07) is 4.89. The number of nitro groups is 1. The van der Waals surface area contributed by atoms with Crippen molar-refractivity contribution in [1.29, 1.82) is 0 Å². The van der Waals surface area contributed by atoms with Gasteiger partial charge < -0.3 is 14.4 Å². The largest absolute Gasteiger partial charge is 0.444 e. The Morgan fingerprint density at radius 3 is 2.82 bits per heavy atom. The maximum absolute atomic E-state index is 12.5. The molecule has 0 aromatic heterocycles. The first-order chi connectivity index (χ1) is 13.3. The summed E-state index contributed by atoms with van der Waals surface area (Å²) in [5.41, 5.74) is 0.656. The Balaban J connectivity index is 1.64. The molecule has 2 fully saturated rings. The number of guanidine groups is 1. The van der Waals surface area contributed by atoms with Gasteiger partial charge in [0.25, 0.3) is 5.96 Å². The third-order valence-electron chi connectivity index (χ3n) is 4.62. The highest BCUT2D eigenvalue weighted by Crippen LogP contribution is 2.24. The Morgan fingerprint density at radius 2 is 2.18 bits per heavy atom. The van der Waals surface area contributed by atoms with Crippen molar-refractivity contribution >= 4 is 35.3 Å². The fourth-order valence-electron chi connectivity index (χ4n) is 3.32. The van der Waals surface area contributed by atoms with Gasteiger partial charge in [-0.2, -0.15) is 0 Å². The number of hydrogen-bond donors (Lipinski definition) is 0. The molecule has 2 saturated heterocycles. The number of nitrogens with zero attached hydrogens (tertiary/aromatic N) is 4. The molecule has 2 atom stereocenters. The molecule has 0 N–H and O–H groups in total. The SMILES string of the molecule is CC1CC(CN2CCN(C(=O)OCc3ccc(Cl)c(Cl)c3)C2=N[N+](=O)[O-])CO1. The quantitative estimate of drug-likeness (QED) is 0.525. The fourth-order valence-corrected chi connectivity index (χ4v) is 3.65. The third kappa shape index (κ3) is 5.03. The summed E-state index contributed by atoms with van der Waals surface area (Å²) in [6.45, 7) is 3.78. The number of rotatable bonds is 5. The van der Waals surface area contributed by atoms with Crippen LogP contribution in [0.4, 0.5) is 4.79 Å². The lowest BCUT2D eigenvalue weighted by molar-refractivity contribution is -0.486. The zero-order valence-corrected chi connectivity index (χ0v) is 16.7. The van der Waals surface area contributed by atoms with E-state index in [1.807, 2.05) is 6.92 Å². The monoisotopic (exact) mass is 430 g/mol. The first kappa shape index (κ1) is 20.6. The molecule has 1 aromatic rings. The molecule has 0 bridgehead atoms. The van der Waals surface area contributed by atoms with Crippen molar-refractivity contribution in [2.24, 2.45) is 11.0 Å². The number of ether oxygens (including phenoxy) is 2. The molecule has 1 aromatic carbocycles. The molecule has 9 nitrogen and oxygen atoms in total. The van der Waals surface area contributed by atoms with E-state index in [4.69, 9.17) is 32.7 Å². The van der Waals surface area contributed by atoms with E-state index in [9.17, 15) is 14.9 Å². The van der Waals surface area contributed by atoms with Gasteiger partial charge in [-0.25, -0.2) is 19.8 Å². The summed E-state index contributed by atoms with van der Waals surface area (Å²) in [6.07, 6.45) is 0.324. The molecule has 2 aliphatic heterocycles. The molecule has 3 rings (SSSR count). The second-order valence-electron chi connectivity index (χ2n) is 6.78. The van der Waals surface area contributed by atoms with Crippen molar-refractivity contribution in [3.8, 4) is 0 Å². The summed E-state index contributed by atoms with van der Waals surface area (Å²) < 4.78 is 10.8. The molecule has 0 saturated carbocycles. The van der Waals surface area contributed by atoms with E-state index in [1.165, 1.54) is 4.90 Å². The van der Waals surface area contributed by atoms with Crippen LogP contribution in [0, 0.1) is 16.0 Å². The van der Waals surface area contributed by atoms with Gasteiger partial charge in [0.05, 0.1) is 29.3 Å². The number of carbonyl (C=O) groups excluding carboxylic acids is 1. The Kier molecular flexibility index (Phi) is 6.58. The van der Waals surface area contributed by atoms with Crippen LogP contribution in [0.15, 0.2) is 23.3 Å². The average molecular weight is 431 g/mol. The predicted octanol–water partition coefficient (Wildman–Crippen LogP) is 3.22. The summed E-state index contributed by atoms with van der Waals surface area (Å²) in [5.74, 6) is 0.225. The van der Waals surface area contributed by atoms with Gasteiger partial charge in [0.15, 0.2) is 5.03 Å². The lowest BCUT2D eigenvalue weighted by Gasteiger charge is -2.21. The van der Waals surface area contributed by atoms with Crippen molar-refractivity contribution in [2.75, 3.05) is 26.2 Å². The van der Waals surface area contributed by atoms with Crippen LogP contribution in [0.25, 0.3) is 0 Å². The smallest absolute Gasteiger partial charge is 0.417 e. The molecule has 0 radical (unpaired) electrons. The zero-order chi connectivity index (χ0) is 20.3. The van der Waals surface area contributed by atoms with E-state index in [1.54, 1.807) is 23.1 Å². The van der Waals surface area contributed by atoms with Gasteiger partial charge in [0, 0.05) is 19.0 Å². The Labute approximate surface area is 171 Å².